The smallest absolute Gasteiger partial charge is 0.133 e. The van der Waals surface area contributed by atoms with E-state index in [-0.39, 0.29) is 0 Å². The Morgan fingerprint density at radius 3 is 2.62 bits per heavy atom. The van der Waals surface area contributed by atoms with Gasteiger partial charge in [0.05, 0.1) is 0 Å². The van der Waals surface area contributed by atoms with Crippen LogP contribution in [-0.4, -0.2) is 5.78 Å². The molecule has 4 aliphatic rings. The molecule has 0 spiro atoms. The topological polar surface area (TPSA) is 17.1 Å². The van der Waals surface area contributed by atoms with Crippen LogP contribution in [0.15, 0.2) is 12.2 Å². The normalized spacial score (nSPS) is 53.0. The van der Waals surface area contributed by atoms with E-state index in [0.717, 1.165) is 30.6 Å². The maximum absolute atomic E-state index is 11.9. The number of carbonyl (C=O) groups excluding carboxylic acids is 1. The fourth-order valence-corrected chi connectivity index (χ4v) is 6.95. The molecule has 1 unspecified atom stereocenters. The lowest BCUT2D eigenvalue weighted by Gasteiger charge is -2.59. The summed E-state index contributed by atoms with van der Waals surface area (Å²) in [5.41, 5.74) is 2.44. The van der Waals surface area contributed by atoms with E-state index in [1.54, 1.807) is 0 Å². The second-order valence-electron chi connectivity index (χ2n) is 9.00. The van der Waals surface area contributed by atoms with Gasteiger partial charge in [-0.2, -0.15) is 0 Å². The van der Waals surface area contributed by atoms with Crippen LogP contribution in [0.2, 0.25) is 0 Å². The van der Waals surface area contributed by atoms with Crippen molar-refractivity contribution >= 4 is 5.78 Å². The fourth-order valence-electron chi connectivity index (χ4n) is 6.95. The van der Waals surface area contributed by atoms with Crippen LogP contribution in [0.5, 0.6) is 0 Å². The first-order valence-electron chi connectivity index (χ1n) is 9.15. The van der Waals surface area contributed by atoms with Crippen molar-refractivity contribution in [3.63, 3.8) is 0 Å². The van der Waals surface area contributed by atoms with E-state index in [0.29, 0.717) is 22.5 Å². The largest absolute Gasteiger partial charge is 0.300 e. The lowest BCUT2D eigenvalue weighted by atomic mass is 9.45. The van der Waals surface area contributed by atoms with Crippen molar-refractivity contribution in [3.05, 3.63) is 12.2 Å². The molecular weight excluding hydrogens is 256 g/mol. The summed E-state index contributed by atoms with van der Waals surface area (Å²) in [6.45, 7) is 9.45. The monoisotopic (exact) mass is 286 g/mol. The van der Waals surface area contributed by atoms with Gasteiger partial charge in [-0.15, -0.1) is 0 Å². The Kier molecular flexibility index (Phi) is 2.98. The molecule has 0 amide bonds. The Hall–Kier alpha value is -0.590. The molecule has 116 valence electrons. The van der Waals surface area contributed by atoms with Crippen LogP contribution in [0.1, 0.15) is 71.6 Å². The number of allylic oxidation sites excluding steroid dienone is 1. The number of fused-ring (bicyclic) bond motifs is 5. The predicted octanol–water partition coefficient (Wildman–Crippen LogP) is 5.15. The van der Waals surface area contributed by atoms with Gasteiger partial charge < -0.3 is 0 Å². The van der Waals surface area contributed by atoms with Crippen LogP contribution in [0, 0.1) is 34.5 Å². The third-order valence-electron chi connectivity index (χ3n) is 8.44. The number of hydrogen-bond acceptors (Lipinski definition) is 1. The van der Waals surface area contributed by atoms with Crippen molar-refractivity contribution in [2.75, 3.05) is 0 Å². The molecule has 0 N–H and O–H groups in total. The van der Waals surface area contributed by atoms with Crippen LogP contribution in [0.25, 0.3) is 0 Å². The molecule has 0 aromatic carbocycles. The molecule has 4 saturated carbocycles. The Labute approximate surface area is 129 Å². The third kappa shape index (κ3) is 1.79. The zero-order valence-electron chi connectivity index (χ0n) is 13.8. The highest BCUT2D eigenvalue weighted by Crippen LogP contribution is 2.66. The average Bonchev–Trinajstić information content (AvgIpc) is 2.76. The van der Waals surface area contributed by atoms with Crippen molar-refractivity contribution in [3.8, 4) is 0 Å². The molecule has 0 aromatic heterocycles. The SMILES string of the molecule is C=C1CC[C@H]2[C@@H]3CCC4CC(=O)CC[C@]4(C)[C@@H]3CC[C@]12C. The molecule has 4 rings (SSSR count). The highest BCUT2D eigenvalue weighted by molar-refractivity contribution is 5.79. The quantitative estimate of drug-likeness (QED) is 0.562. The summed E-state index contributed by atoms with van der Waals surface area (Å²) in [7, 11) is 0. The van der Waals surface area contributed by atoms with Crippen molar-refractivity contribution in [1.82, 2.24) is 0 Å². The highest BCUT2D eigenvalue weighted by atomic mass is 16.1. The molecule has 1 heteroatoms. The third-order valence-corrected chi connectivity index (χ3v) is 8.44. The van der Waals surface area contributed by atoms with Crippen molar-refractivity contribution in [1.29, 1.82) is 0 Å². The van der Waals surface area contributed by atoms with Crippen LogP contribution in [-0.2, 0) is 4.79 Å². The molecule has 0 heterocycles. The van der Waals surface area contributed by atoms with Crippen molar-refractivity contribution in [2.24, 2.45) is 34.5 Å². The summed E-state index contributed by atoms with van der Waals surface area (Å²) >= 11 is 0. The van der Waals surface area contributed by atoms with E-state index in [1.807, 2.05) is 0 Å². The van der Waals surface area contributed by atoms with E-state index in [9.17, 15) is 4.79 Å². The van der Waals surface area contributed by atoms with E-state index in [2.05, 4.69) is 20.4 Å². The minimum atomic E-state index is 0.439. The van der Waals surface area contributed by atoms with Gasteiger partial charge in [0.15, 0.2) is 0 Å². The van der Waals surface area contributed by atoms with Gasteiger partial charge in [0.1, 0.15) is 5.78 Å². The Bertz CT molecular complexity index is 492. The van der Waals surface area contributed by atoms with Crippen molar-refractivity contribution in [2.45, 2.75) is 71.6 Å². The Balaban J connectivity index is 1.65. The molecule has 0 aliphatic heterocycles. The second-order valence-corrected chi connectivity index (χ2v) is 9.00. The molecule has 4 aliphatic carbocycles. The average molecular weight is 286 g/mol. The summed E-state index contributed by atoms with van der Waals surface area (Å²) in [5.74, 6) is 3.91. The second kappa shape index (κ2) is 4.46. The van der Waals surface area contributed by atoms with Gasteiger partial charge in [0, 0.05) is 12.8 Å². The first kappa shape index (κ1) is 14.0. The molecule has 6 atom stereocenters. The van der Waals surface area contributed by atoms with Gasteiger partial charge in [-0.05, 0) is 79.4 Å². The molecule has 0 saturated heterocycles. The van der Waals surface area contributed by atoms with Crippen molar-refractivity contribution < 1.29 is 4.79 Å². The van der Waals surface area contributed by atoms with Gasteiger partial charge in [0.25, 0.3) is 0 Å². The molecule has 4 fully saturated rings. The van der Waals surface area contributed by atoms with Gasteiger partial charge in [-0.3, -0.25) is 4.79 Å². The van der Waals surface area contributed by atoms with Crippen LogP contribution >= 0.6 is 0 Å². The Morgan fingerprint density at radius 2 is 1.81 bits per heavy atom. The first-order valence-corrected chi connectivity index (χ1v) is 9.15. The Morgan fingerprint density at radius 1 is 1.00 bits per heavy atom. The summed E-state index contributed by atoms with van der Waals surface area (Å²) < 4.78 is 0. The zero-order chi connectivity index (χ0) is 14.8. The minimum absolute atomic E-state index is 0.439. The lowest BCUT2D eigenvalue weighted by Crippen LogP contribution is -2.52. The fraction of sp³-hybridized carbons (Fsp3) is 0.850. The van der Waals surface area contributed by atoms with E-state index in [4.69, 9.17) is 0 Å². The number of hydrogen-bond donors (Lipinski definition) is 0. The van der Waals surface area contributed by atoms with E-state index >= 15 is 0 Å². The highest BCUT2D eigenvalue weighted by Gasteiger charge is 2.58. The summed E-state index contributed by atoms with van der Waals surface area (Å²) in [5, 5.41) is 0. The number of ketones is 1. The summed E-state index contributed by atoms with van der Waals surface area (Å²) in [6.07, 6.45) is 11.0. The first-order chi connectivity index (χ1) is 9.95. The van der Waals surface area contributed by atoms with Gasteiger partial charge in [-0.25, -0.2) is 0 Å². The van der Waals surface area contributed by atoms with Crippen LogP contribution in [0.4, 0.5) is 0 Å². The maximum Gasteiger partial charge on any atom is 0.133 e. The molecular formula is C20H30O. The van der Waals surface area contributed by atoms with Gasteiger partial charge in [-0.1, -0.05) is 26.0 Å². The van der Waals surface area contributed by atoms with E-state index in [1.165, 1.54) is 50.5 Å². The van der Waals surface area contributed by atoms with Crippen LogP contribution < -0.4 is 0 Å². The molecule has 0 radical (unpaired) electrons. The van der Waals surface area contributed by atoms with Gasteiger partial charge >= 0.3 is 0 Å². The van der Waals surface area contributed by atoms with Gasteiger partial charge in [0.2, 0.25) is 0 Å². The standard InChI is InChI=1S/C20H30O/c1-13-4-7-17-16-6-5-14-12-15(21)8-10-20(14,3)18(16)9-11-19(13,17)2/h14,16-18H,1,4-12H2,2-3H3/t14?,16-,17-,18+,19+,20-/m0/s1. The number of Topliss-reactive ketones (excluding diaryl/α,β-unsaturated/α-hetero) is 1. The molecule has 0 aromatic rings. The number of carbonyl (C=O) groups is 1. The lowest BCUT2D eigenvalue weighted by molar-refractivity contribution is -0.136. The minimum Gasteiger partial charge on any atom is -0.300 e. The summed E-state index contributed by atoms with van der Waals surface area (Å²) in [6, 6.07) is 0. The summed E-state index contributed by atoms with van der Waals surface area (Å²) in [4.78, 5) is 11.9. The molecule has 1 nitrogen and oxygen atoms in total. The number of rotatable bonds is 0. The van der Waals surface area contributed by atoms with Crippen LogP contribution in [0.3, 0.4) is 0 Å². The maximum atomic E-state index is 11.9. The predicted molar refractivity (Wildman–Crippen MR) is 85.9 cm³/mol. The zero-order valence-corrected chi connectivity index (χ0v) is 13.8. The molecule has 0 bridgehead atoms. The van der Waals surface area contributed by atoms with E-state index < -0.39 is 0 Å². The molecule has 21 heavy (non-hydrogen) atoms.